The first-order valence-electron chi connectivity index (χ1n) is 6.53. The first-order valence-corrected chi connectivity index (χ1v) is 6.53. The van der Waals surface area contributed by atoms with Crippen molar-refractivity contribution in [2.75, 3.05) is 7.11 Å². The molecule has 0 fully saturated rings. The molecule has 3 rings (SSSR count). The van der Waals surface area contributed by atoms with E-state index in [1.807, 2.05) is 18.2 Å². The number of nitrogens with zero attached hydrogens (tertiary/aromatic N) is 2. The van der Waals surface area contributed by atoms with Crippen LogP contribution in [0.4, 0.5) is 4.39 Å². The monoisotopic (exact) mass is 283 g/mol. The number of aromatic nitrogens is 3. The summed E-state index contributed by atoms with van der Waals surface area (Å²) in [5.74, 6) is -0.107. The third-order valence-corrected chi connectivity index (χ3v) is 3.22. The summed E-state index contributed by atoms with van der Waals surface area (Å²) in [5, 5.41) is 7.28. The van der Waals surface area contributed by atoms with Crippen LogP contribution >= 0.6 is 0 Å². The summed E-state index contributed by atoms with van der Waals surface area (Å²) in [4.78, 5) is 3.99. The highest BCUT2D eigenvalue weighted by Gasteiger charge is 2.07. The van der Waals surface area contributed by atoms with Gasteiger partial charge in [0.2, 0.25) is 0 Å². The normalized spacial score (nSPS) is 10.6. The minimum atomic E-state index is -0.358. The molecule has 21 heavy (non-hydrogen) atoms. The predicted octanol–water partition coefficient (Wildman–Crippen LogP) is 3.21. The van der Waals surface area contributed by atoms with Crippen LogP contribution in [-0.4, -0.2) is 22.3 Å². The summed E-state index contributed by atoms with van der Waals surface area (Å²) in [6.45, 7) is 0. The van der Waals surface area contributed by atoms with Crippen molar-refractivity contribution in [2.24, 2.45) is 0 Å². The van der Waals surface area contributed by atoms with Gasteiger partial charge in [-0.15, -0.1) is 0 Å². The Hall–Kier alpha value is -2.69. The van der Waals surface area contributed by atoms with Crippen LogP contribution in [0.25, 0.3) is 11.3 Å². The molecule has 1 N–H and O–H groups in total. The van der Waals surface area contributed by atoms with Gasteiger partial charge in [-0.2, -0.15) is 5.10 Å². The Bertz CT molecular complexity index is 740. The quantitative estimate of drug-likeness (QED) is 0.800. The van der Waals surface area contributed by atoms with E-state index < -0.39 is 0 Å². The number of ether oxygens (including phenoxy) is 1. The Morgan fingerprint density at radius 2 is 1.95 bits per heavy atom. The Morgan fingerprint density at radius 1 is 1.14 bits per heavy atom. The average Bonchev–Trinajstić information content (AvgIpc) is 2.98. The number of benzene rings is 1. The lowest BCUT2D eigenvalue weighted by molar-refractivity contribution is 0.386. The second-order valence-electron chi connectivity index (χ2n) is 4.66. The fourth-order valence-corrected chi connectivity index (χ4v) is 2.16. The minimum absolute atomic E-state index is 0.251. The Labute approximate surface area is 121 Å². The molecule has 5 heteroatoms. The van der Waals surface area contributed by atoms with Crippen LogP contribution in [0.1, 0.15) is 11.3 Å². The van der Waals surface area contributed by atoms with Crippen molar-refractivity contribution >= 4 is 0 Å². The second-order valence-corrected chi connectivity index (χ2v) is 4.66. The molecule has 0 bridgehead atoms. The molecule has 0 saturated heterocycles. The van der Waals surface area contributed by atoms with Gasteiger partial charge < -0.3 is 4.74 Å². The van der Waals surface area contributed by atoms with Gasteiger partial charge in [-0.25, -0.2) is 4.39 Å². The molecule has 0 atom stereocenters. The summed E-state index contributed by atoms with van der Waals surface area (Å²) in [6, 6.07) is 10.6. The SMILES string of the molecule is COc1cc(Cc2cc(-c3ccncc3)n[nH]2)ccc1F. The molecule has 1 aromatic carbocycles. The van der Waals surface area contributed by atoms with Crippen molar-refractivity contribution in [1.82, 2.24) is 15.2 Å². The standard InChI is InChI=1S/C16H14FN3O/c1-21-16-9-11(2-3-14(16)17)8-13-10-15(20-19-13)12-4-6-18-7-5-12/h2-7,9-10H,8H2,1H3,(H,19,20). The lowest BCUT2D eigenvalue weighted by Gasteiger charge is -2.04. The molecule has 0 aliphatic rings. The molecular formula is C16H14FN3O. The smallest absolute Gasteiger partial charge is 0.165 e. The van der Waals surface area contributed by atoms with E-state index in [-0.39, 0.29) is 11.6 Å². The minimum Gasteiger partial charge on any atom is -0.494 e. The van der Waals surface area contributed by atoms with Crippen molar-refractivity contribution in [2.45, 2.75) is 6.42 Å². The number of hydrogen-bond acceptors (Lipinski definition) is 3. The van der Waals surface area contributed by atoms with Crippen molar-refractivity contribution in [3.63, 3.8) is 0 Å². The molecule has 0 unspecified atom stereocenters. The number of halogens is 1. The molecule has 2 aromatic heterocycles. The molecule has 0 aliphatic heterocycles. The van der Waals surface area contributed by atoms with Crippen LogP contribution in [-0.2, 0) is 6.42 Å². The average molecular weight is 283 g/mol. The highest BCUT2D eigenvalue weighted by Crippen LogP contribution is 2.21. The molecule has 3 aromatic rings. The molecule has 2 heterocycles. The van der Waals surface area contributed by atoms with E-state index in [4.69, 9.17) is 4.74 Å². The van der Waals surface area contributed by atoms with E-state index in [0.29, 0.717) is 6.42 Å². The topological polar surface area (TPSA) is 50.8 Å². The van der Waals surface area contributed by atoms with Crippen molar-refractivity contribution < 1.29 is 9.13 Å². The number of hydrogen-bond donors (Lipinski definition) is 1. The molecule has 0 saturated carbocycles. The number of aromatic amines is 1. The summed E-state index contributed by atoms with van der Waals surface area (Å²) < 4.78 is 18.4. The highest BCUT2D eigenvalue weighted by atomic mass is 19.1. The zero-order chi connectivity index (χ0) is 14.7. The van der Waals surface area contributed by atoms with Gasteiger partial charge in [0.15, 0.2) is 11.6 Å². The van der Waals surface area contributed by atoms with Gasteiger partial charge >= 0.3 is 0 Å². The number of nitrogens with one attached hydrogen (secondary N) is 1. The third-order valence-electron chi connectivity index (χ3n) is 3.22. The van der Waals surface area contributed by atoms with Gasteiger partial charge in [-0.3, -0.25) is 10.1 Å². The lowest BCUT2D eigenvalue weighted by atomic mass is 10.1. The fraction of sp³-hybridized carbons (Fsp3) is 0.125. The number of pyridine rings is 1. The van der Waals surface area contributed by atoms with Crippen LogP contribution in [0.3, 0.4) is 0 Å². The molecule has 0 amide bonds. The zero-order valence-corrected chi connectivity index (χ0v) is 11.5. The summed E-state index contributed by atoms with van der Waals surface area (Å²) in [7, 11) is 1.46. The van der Waals surface area contributed by atoms with Crippen LogP contribution in [0, 0.1) is 5.82 Å². The fourth-order valence-electron chi connectivity index (χ4n) is 2.16. The van der Waals surface area contributed by atoms with E-state index in [1.54, 1.807) is 24.5 Å². The maximum atomic E-state index is 13.4. The van der Waals surface area contributed by atoms with Gasteiger partial charge in [0.1, 0.15) is 0 Å². The summed E-state index contributed by atoms with van der Waals surface area (Å²) in [5.41, 5.74) is 3.78. The van der Waals surface area contributed by atoms with Crippen LogP contribution in [0.5, 0.6) is 5.75 Å². The van der Waals surface area contributed by atoms with Crippen molar-refractivity contribution in [1.29, 1.82) is 0 Å². The number of rotatable bonds is 4. The van der Waals surface area contributed by atoms with E-state index in [2.05, 4.69) is 15.2 Å². The van der Waals surface area contributed by atoms with E-state index in [1.165, 1.54) is 13.2 Å². The first kappa shape index (κ1) is 13.3. The van der Waals surface area contributed by atoms with Gasteiger partial charge in [0, 0.05) is 30.1 Å². The molecule has 0 radical (unpaired) electrons. The maximum absolute atomic E-state index is 13.4. The Morgan fingerprint density at radius 3 is 2.71 bits per heavy atom. The molecule has 4 nitrogen and oxygen atoms in total. The van der Waals surface area contributed by atoms with Crippen LogP contribution < -0.4 is 4.74 Å². The molecule has 106 valence electrons. The Balaban J connectivity index is 1.82. The van der Waals surface area contributed by atoms with Crippen LogP contribution in [0.2, 0.25) is 0 Å². The lowest BCUT2D eigenvalue weighted by Crippen LogP contribution is -1.93. The van der Waals surface area contributed by atoms with Gasteiger partial charge in [0.05, 0.1) is 12.8 Å². The first-order chi connectivity index (χ1) is 10.3. The number of H-pyrrole nitrogens is 1. The maximum Gasteiger partial charge on any atom is 0.165 e. The highest BCUT2D eigenvalue weighted by molar-refractivity contribution is 5.58. The largest absolute Gasteiger partial charge is 0.494 e. The summed E-state index contributed by atoms with van der Waals surface area (Å²) in [6.07, 6.45) is 4.10. The van der Waals surface area contributed by atoms with Gasteiger partial charge in [-0.05, 0) is 35.9 Å². The zero-order valence-electron chi connectivity index (χ0n) is 11.5. The Kier molecular flexibility index (Phi) is 3.64. The van der Waals surface area contributed by atoms with Gasteiger partial charge in [0.25, 0.3) is 0 Å². The van der Waals surface area contributed by atoms with Crippen LogP contribution in [0.15, 0.2) is 48.8 Å². The third kappa shape index (κ3) is 2.91. The molecule has 0 aliphatic carbocycles. The van der Waals surface area contributed by atoms with E-state index in [0.717, 1.165) is 22.5 Å². The van der Waals surface area contributed by atoms with E-state index in [9.17, 15) is 4.39 Å². The predicted molar refractivity (Wildman–Crippen MR) is 77.6 cm³/mol. The van der Waals surface area contributed by atoms with E-state index >= 15 is 0 Å². The molecule has 0 spiro atoms. The van der Waals surface area contributed by atoms with Gasteiger partial charge in [-0.1, -0.05) is 6.07 Å². The summed E-state index contributed by atoms with van der Waals surface area (Å²) >= 11 is 0. The second kappa shape index (κ2) is 5.75. The van der Waals surface area contributed by atoms with Crippen molar-refractivity contribution in [3.8, 4) is 17.0 Å². The number of methoxy groups -OCH3 is 1. The molecular weight excluding hydrogens is 269 g/mol. The van der Waals surface area contributed by atoms with Crippen molar-refractivity contribution in [3.05, 3.63) is 65.9 Å².